The zero-order valence-electron chi connectivity index (χ0n) is 12.7. The van der Waals surface area contributed by atoms with E-state index in [1.807, 2.05) is 0 Å². The fourth-order valence-corrected chi connectivity index (χ4v) is 4.49. The molecule has 2 aromatic rings. The van der Waals surface area contributed by atoms with Crippen molar-refractivity contribution in [2.24, 2.45) is 5.92 Å². The third kappa shape index (κ3) is 2.93. The van der Waals surface area contributed by atoms with Gasteiger partial charge >= 0.3 is 5.76 Å². The van der Waals surface area contributed by atoms with Crippen molar-refractivity contribution >= 4 is 21.1 Å². The van der Waals surface area contributed by atoms with E-state index in [4.69, 9.17) is 4.42 Å². The molecule has 1 aromatic heterocycles. The molecule has 1 aliphatic heterocycles. The highest BCUT2D eigenvalue weighted by Crippen LogP contribution is 2.30. The van der Waals surface area contributed by atoms with Crippen LogP contribution in [0.1, 0.15) is 12.8 Å². The second-order valence-electron chi connectivity index (χ2n) is 6.32. The zero-order valence-corrected chi connectivity index (χ0v) is 13.5. The number of aromatic nitrogens is 1. The van der Waals surface area contributed by atoms with Gasteiger partial charge in [0.2, 0.25) is 10.0 Å². The van der Waals surface area contributed by atoms with Gasteiger partial charge in [0.15, 0.2) is 5.58 Å². The smallest absolute Gasteiger partial charge is 0.408 e. The Morgan fingerprint density at radius 2 is 1.91 bits per heavy atom. The highest BCUT2D eigenvalue weighted by molar-refractivity contribution is 7.89. The summed E-state index contributed by atoms with van der Waals surface area (Å²) in [6.07, 6.45) is 2.61. The standard InChI is InChI=1S/C15H19N3O4S/c19-15-16-13-4-3-12(9-14(13)22-15)23(20,21)18-7-5-17(6-8-18)10-11-1-2-11/h3-4,9,11H,1-2,5-8,10H2,(H,16,19). The van der Waals surface area contributed by atoms with Crippen molar-refractivity contribution < 1.29 is 12.8 Å². The van der Waals surface area contributed by atoms with Gasteiger partial charge in [-0.3, -0.25) is 4.98 Å². The Balaban J connectivity index is 1.53. The second-order valence-corrected chi connectivity index (χ2v) is 8.26. The van der Waals surface area contributed by atoms with Gasteiger partial charge in [-0.25, -0.2) is 13.2 Å². The molecule has 23 heavy (non-hydrogen) atoms. The first-order chi connectivity index (χ1) is 11.0. The Hall–Kier alpha value is -1.64. The summed E-state index contributed by atoms with van der Waals surface area (Å²) in [6, 6.07) is 4.50. The molecular weight excluding hydrogens is 318 g/mol. The van der Waals surface area contributed by atoms with E-state index in [0.29, 0.717) is 18.6 Å². The summed E-state index contributed by atoms with van der Waals surface area (Å²) in [4.78, 5) is 16.2. The van der Waals surface area contributed by atoms with Crippen LogP contribution in [0.5, 0.6) is 0 Å². The Kier molecular flexibility index (Phi) is 3.55. The lowest BCUT2D eigenvalue weighted by molar-refractivity contribution is 0.182. The number of hydrogen-bond donors (Lipinski definition) is 1. The van der Waals surface area contributed by atoms with Crippen molar-refractivity contribution in [1.29, 1.82) is 0 Å². The van der Waals surface area contributed by atoms with E-state index in [1.165, 1.54) is 29.3 Å². The van der Waals surface area contributed by atoms with E-state index in [2.05, 4.69) is 9.88 Å². The number of aromatic amines is 1. The molecule has 0 bridgehead atoms. The average molecular weight is 337 g/mol. The van der Waals surface area contributed by atoms with E-state index >= 15 is 0 Å². The van der Waals surface area contributed by atoms with Gasteiger partial charge in [0.25, 0.3) is 0 Å². The van der Waals surface area contributed by atoms with Crippen LogP contribution < -0.4 is 5.76 Å². The number of H-pyrrole nitrogens is 1. The fourth-order valence-electron chi connectivity index (χ4n) is 3.05. The Morgan fingerprint density at radius 3 is 2.61 bits per heavy atom. The van der Waals surface area contributed by atoms with Gasteiger partial charge in [-0.05, 0) is 30.9 Å². The van der Waals surface area contributed by atoms with Crippen LogP contribution in [0.2, 0.25) is 0 Å². The van der Waals surface area contributed by atoms with Crippen LogP contribution >= 0.6 is 0 Å². The Morgan fingerprint density at radius 1 is 1.17 bits per heavy atom. The van der Waals surface area contributed by atoms with Crippen LogP contribution in [0.25, 0.3) is 11.1 Å². The first-order valence-electron chi connectivity index (χ1n) is 7.88. The highest BCUT2D eigenvalue weighted by atomic mass is 32.2. The molecule has 1 aromatic carbocycles. The maximum Gasteiger partial charge on any atom is 0.417 e. The normalized spacial score (nSPS) is 21.0. The van der Waals surface area contributed by atoms with E-state index in [1.54, 1.807) is 6.07 Å². The maximum absolute atomic E-state index is 12.8. The number of nitrogens with one attached hydrogen (secondary N) is 1. The fraction of sp³-hybridized carbons (Fsp3) is 0.533. The average Bonchev–Trinajstić information content (AvgIpc) is 3.25. The number of benzene rings is 1. The van der Waals surface area contributed by atoms with Crippen LogP contribution in [0, 0.1) is 5.92 Å². The SMILES string of the molecule is O=c1[nH]c2ccc(S(=O)(=O)N3CCN(CC4CC4)CC3)cc2o1. The van der Waals surface area contributed by atoms with Gasteiger partial charge in [-0.1, -0.05) is 0 Å². The summed E-state index contributed by atoms with van der Waals surface area (Å²) in [7, 11) is -3.55. The summed E-state index contributed by atoms with van der Waals surface area (Å²) in [5.74, 6) is 0.236. The van der Waals surface area contributed by atoms with Crippen LogP contribution in [0.15, 0.2) is 32.3 Å². The largest absolute Gasteiger partial charge is 0.417 e. The van der Waals surface area contributed by atoms with Gasteiger partial charge in [0, 0.05) is 38.8 Å². The molecule has 1 aliphatic carbocycles. The molecule has 1 N–H and O–H groups in total. The molecule has 1 saturated carbocycles. The molecule has 1 saturated heterocycles. The molecule has 2 fully saturated rings. The van der Waals surface area contributed by atoms with E-state index in [0.717, 1.165) is 25.6 Å². The minimum atomic E-state index is -3.55. The summed E-state index contributed by atoms with van der Waals surface area (Å²) < 4.78 is 32.0. The number of hydrogen-bond acceptors (Lipinski definition) is 5. The minimum Gasteiger partial charge on any atom is -0.408 e. The van der Waals surface area contributed by atoms with Crippen LogP contribution in [0.3, 0.4) is 0 Å². The molecule has 2 heterocycles. The van der Waals surface area contributed by atoms with Gasteiger partial charge < -0.3 is 9.32 Å². The van der Waals surface area contributed by atoms with E-state index in [-0.39, 0.29) is 10.5 Å². The molecule has 7 nitrogen and oxygen atoms in total. The third-order valence-corrected chi connectivity index (χ3v) is 6.47. The Bertz CT molecular complexity index is 874. The summed E-state index contributed by atoms with van der Waals surface area (Å²) in [5, 5.41) is 0. The van der Waals surface area contributed by atoms with Crippen LogP contribution in [-0.4, -0.2) is 55.3 Å². The first-order valence-corrected chi connectivity index (χ1v) is 9.32. The molecule has 0 spiro atoms. The van der Waals surface area contributed by atoms with Crippen LogP contribution in [-0.2, 0) is 10.0 Å². The van der Waals surface area contributed by atoms with Crippen molar-refractivity contribution in [2.75, 3.05) is 32.7 Å². The van der Waals surface area contributed by atoms with Gasteiger partial charge in [-0.2, -0.15) is 4.31 Å². The molecule has 8 heteroatoms. The van der Waals surface area contributed by atoms with E-state index < -0.39 is 15.8 Å². The molecule has 0 atom stereocenters. The Labute approximate surface area is 133 Å². The first kappa shape index (κ1) is 14.9. The number of rotatable bonds is 4. The zero-order chi connectivity index (χ0) is 16.0. The lowest BCUT2D eigenvalue weighted by atomic mass is 10.3. The van der Waals surface area contributed by atoms with Gasteiger partial charge in [0.1, 0.15) is 0 Å². The van der Waals surface area contributed by atoms with Crippen molar-refractivity contribution in [1.82, 2.24) is 14.2 Å². The molecular formula is C15H19N3O4S. The minimum absolute atomic E-state index is 0.170. The van der Waals surface area contributed by atoms with Gasteiger partial charge in [0.05, 0.1) is 10.4 Å². The predicted molar refractivity (Wildman–Crippen MR) is 84.8 cm³/mol. The summed E-state index contributed by atoms with van der Waals surface area (Å²) in [6.45, 7) is 3.65. The van der Waals surface area contributed by atoms with Crippen molar-refractivity contribution in [2.45, 2.75) is 17.7 Å². The number of oxazole rings is 1. The number of sulfonamides is 1. The molecule has 0 unspecified atom stereocenters. The predicted octanol–water partition coefficient (Wildman–Crippen LogP) is 0.837. The van der Waals surface area contributed by atoms with Crippen molar-refractivity contribution in [3.63, 3.8) is 0 Å². The third-order valence-electron chi connectivity index (χ3n) is 4.57. The number of piperazine rings is 1. The molecule has 124 valence electrons. The quantitative estimate of drug-likeness (QED) is 0.893. The van der Waals surface area contributed by atoms with Crippen molar-refractivity contribution in [3.8, 4) is 0 Å². The topological polar surface area (TPSA) is 86.6 Å². The maximum atomic E-state index is 12.8. The lowest BCUT2D eigenvalue weighted by Crippen LogP contribution is -2.49. The van der Waals surface area contributed by atoms with E-state index in [9.17, 15) is 13.2 Å². The molecule has 0 radical (unpaired) electrons. The molecule has 4 rings (SSSR count). The van der Waals surface area contributed by atoms with Crippen molar-refractivity contribution in [3.05, 3.63) is 28.7 Å². The second kappa shape index (κ2) is 5.47. The lowest BCUT2D eigenvalue weighted by Gasteiger charge is -2.34. The summed E-state index contributed by atoms with van der Waals surface area (Å²) in [5.41, 5.74) is 0.770. The number of nitrogens with zero attached hydrogens (tertiary/aromatic N) is 2. The van der Waals surface area contributed by atoms with Crippen LogP contribution in [0.4, 0.5) is 0 Å². The summed E-state index contributed by atoms with van der Waals surface area (Å²) >= 11 is 0. The molecule has 0 amide bonds. The number of fused-ring (bicyclic) bond motifs is 1. The highest BCUT2D eigenvalue weighted by Gasteiger charge is 2.31. The van der Waals surface area contributed by atoms with Gasteiger partial charge in [-0.15, -0.1) is 0 Å². The molecule has 2 aliphatic rings. The monoisotopic (exact) mass is 337 g/mol.